The molecule has 0 radical (unpaired) electrons. The quantitative estimate of drug-likeness (QED) is 0.454. The summed E-state index contributed by atoms with van der Waals surface area (Å²) >= 11 is 0. The van der Waals surface area contributed by atoms with Crippen LogP contribution in [0.5, 0.6) is 0 Å². The maximum atomic E-state index is 11.4. The van der Waals surface area contributed by atoms with Gasteiger partial charge in [0.05, 0.1) is 13.0 Å². The summed E-state index contributed by atoms with van der Waals surface area (Å²) in [6.07, 6.45) is 4.72. The largest absolute Gasteiger partial charge is 0.466 e. The topological polar surface area (TPSA) is 64.3 Å². The molecule has 5 heteroatoms. The van der Waals surface area contributed by atoms with Crippen molar-refractivity contribution in [3.8, 4) is 0 Å². The molecule has 0 amide bonds. The summed E-state index contributed by atoms with van der Waals surface area (Å²) in [5, 5.41) is 0. The van der Waals surface area contributed by atoms with Crippen LogP contribution in [0.25, 0.3) is 0 Å². The van der Waals surface area contributed by atoms with Crippen molar-refractivity contribution in [3.05, 3.63) is 0 Å². The predicted molar refractivity (Wildman–Crippen MR) is 66.2 cm³/mol. The molecule has 0 bridgehead atoms. The highest BCUT2D eigenvalue weighted by molar-refractivity contribution is 5.85. The van der Waals surface area contributed by atoms with Crippen LogP contribution in [0.1, 0.15) is 46.0 Å². The van der Waals surface area contributed by atoms with Crippen molar-refractivity contribution < 1.29 is 9.53 Å². The second-order valence-electron chi connectivity index (χ2n) is 4.73. The van der Waals surface area contributed by atoms with Crippen molar-refractivity contribution in [1.82, 2.24) is 5.43 Å². The minimum Gasteiger partial charge on any atom is -0.466 e. The Labute approximate surface area is 104 Å². The lowest BCUT2D eigenvalue weighted by Crippen LogP contribution is -2.40. The van der Waals surface area contributed by atoms with Crippen LogP contribution < -0.4 is 11.3 Å². The van der Waals surface area contributed by atoms with Gasteiger partial charge in [-0.05, 0) is 38.0 Å². The molecular formula is C11H23ClN2O2. The Balaban J connectivity index is 0.00000225. The van der Waals surface area contributed by atoms with Crippen molar-refractivity contribution in [2.24, 2.45) is 11.3 Å². The predicted octanol–water partition coefficient (Wildman–Crippen LogP) is 1.77. The summed E-state index contributed by atoms with van der Waals surface area (Å²) in [5.74, 6) is 5.33. The van der Waals surface area contributed by atoms with Gasteiger partial charge >= 0.3 is 5.97 Å². The molecule has 0 atom stereocenters. The summed E-state index contributed by atoms with van der Waals surface area (Å²) < 4.78 is 4.98. The number of rotatable bonds is 4. The fourth-order valence-corrected chi connectivity index (χ4v) is 2.22. The van der Waals surface area contributed by atoms with Gasteiger partial charge < -0.3 is 4.74 Å². The van der Waals surface area contributed by atoms with Crippen LogP contribution in [0, 0.1) is 5.41 Å². The minimum atomic E-state index is -0.0702. The van der Waals surface area contributed by atoms with Crippen LogP contribution in [0.2, 0.25) is 0 Å². The average molecular weight is 251 g/mol. The first-order valence-corrected chi connectivity index (χ1v) is 5.71. The van der Waals surface area contributed by atoms with E-state index in [0.717, 1.165) is 25.7 Å². The lowest BCUT2D eigenvalue weighted by Gasteiger charge is -2.36. The number of hydrogen-bond donors (Lipinski definition) is 2. The molecule has 96 valence electrons. The maximum absolute atomic E-state index is 11.4. The molecule has 0 aliphatic heterocycles. The molecular weight excluding hydrogens is 228 g/mol. The zero-order valence-electron chi connectivity index (χ0n) is 10.1. The normalized spacial score (nSPS) is 29.3. The van der Waals surface area contributed by atoms with E-state index in [-0.39, 0.29) is 23.8 Å². The smallest absolute Gasteiger partial charge is 0.306 e. The van der Waals surface area contributed by atoms with E-state index in [0.29, 0.717) is 19.1 Å². The standard InChI is InChI=1S/C11H22N2O2.ClH/c1-3-15-10(14)8-11(2)6-4-9(13-12)5-7-11;/h9,13H,3-8,12H2,1-2H3;1H. The number of carbonyl (C=O) groups is 1. The summed E-state index contributed by atoms with van der Waals surface area (Å²) in [7, 11) is 0. The van der Waals surface area contributed by atoms with E-state index in [1.807, 2.05) is 6.92 Å². The highest BCUT2D eigenvalue weighted by Gasteiger charge is 2.33. The van der Waals surface area contributed by atoms with E-state index in [9.17, 15) is 4.79 Å². The second kappa shape index (κ2) is 7.09. The van der Waals surface area contributed by atoms with E-state index in [2.05, 4.69) is 12.3 Å². The first-order chi connectivity index (χ1) is 7.09. The summed E-state index contributed by atoms with van der Waals surface area (Å²) in [4.78, 5) is 11.4. The number of esters is 1. The second-order valence-corrected chi connectivity index (χ2v) is 4.73. The van der Waals surface area contributed by atoms with E-state index < -0.39 is 0 Å². The third-order valence-corrected chi connectivity index (χ3v) is 3.30. The van der Waals surface area contributed by atoms with Crippen molar-refractivity contribution in [2.45, 2.75) is 52.0 Å². The number of hydrazine groups is 1. The molecule has 1 fully saturated rings. The van der Waals surface area contributed by atoms with Gasteiger partial charge in [0.2, 0.25) is 0 Å². The molecule has 0 heterocycles. The van der Waals surface area contributed by atoms with Crippen LogP contribution >= 0.6 is 12.4 Å². The molecule has 16 heavy (non-hydrogen) atoms. The zero-order valence-corrected chi connectivity index (χ0v) is 10.9. The molecule has 0 unspecified atom stereocenters. The number of nitrogens with two attached hydrogens (primary N) is 1. The Morgan fingerprint density at radius 1 is 1.50 bits per heavy atom. The molecule has 4 nitrogen and oxygen atoms in total. The third-order valence-electron chi connectivity index (χ3n) is 3.30. The molecule has 0 spiro atoms. The summed E-state index contributed by atoms with van der Waals surface area (Å²) in [5.41, 5.74) is 2.91. The average Bonchev–Trinajstić information content (AvgIpc) is 2.18. The van der Waals surface area contributed by atoms with Crippen molar-refractivity contribution in [3.63, 3.8) is 0 Å². The van der Waals surface area contributed by atoms with Gasteiger partial charge in [0.15, 0.2) is 0 Å². The molecule has 3 N–H and O–H groups in total. The van der Waals surface area contributed by atoms with Gasteiger partial charge in [0.25, 0.3) is 0 Å². The summed E-state index contributed by atoms with van der Waals surface area (Å²) in [6, 6.07) is 0.417. The van der Waals surface area contributed by atoms with E-state index in [4.69, 9.17) is 10.6 Å². The molecule has 0 aromatic rings. The number of ether oxygens (including phenoxy) is 1. The lowest BCUT2D eigenvalue weighted by atomic mass is 9.72. The number of hydrogen-bond acceptors (Lipinski definition) is 4. The van der Waals surface area contributed by atoms with E-state index >= 15 is 0 Å². The Kier molecular flexibility index (Phi) is 6.95. The van der Waals surface area contributed by atoms with Crippen LogP contribution in [-0.4, -0.2) is 18.6 Å². The van der Waals surface area contributed by atoms with E-state index in [1.54, 1.807) is 0 Å². The Morgan fingerprint density at radius 2 is 2.06 bits per heavy atom. The van der Waals surface area contributed by atoms with Crippen molar-refractivity contribution in [1.29, 1.82) is 0 Å². The van der Waals surface area contributed by atoms with Crippen molar-refractivity contribution >= 4 is 18.4 Å². The van der Waals surface area contributed by atoms with Crippen LogP contribution in [-0.2, 0) is 9.53 Å². The molecule has 0 aromatic carbocycles. The first kappa shape index (κ1) is 15.7. The number of halogens is 1. The van der Waals surface area contributed by atoms with Gasteiger partial charge in [0.1, 0.15) is 0 Å². The third kappa shape index (κ3) is 4.68. The maximum Gasteiger partial charge on any atom is 0.306 e. The Bertz CT molecular complexity index is 216. The van der Waals surface area contributed by atoms with Crippen LogP contribution in [0.3, 0.4) is 0 Å². The summed E-state index contributed by atoms with van der Waals surface area (Å²) in [6.45, 7) is 4.48. The molecule has 1 rings (SSSR count). The van der Waals surface area contributed by atoms with Crippen molar-refractivity contribution in [2.75, 3.05) is 6.61 Å². The zero-order chi connectivity index (χ0) is 11.3. The lowest BCUT2D eigenvalue weighted by molar-refractivity contribution is -0.146. The molecule has 1 saturated carbocycles. The molecule has 1 aliphatic rings. The Hall–Kier alpha value is -0.320. The van der Waals surface area contributed by atoms with Crippen LogP contribution in [0.15, 0.2) is 0 Å². The van der Waals surface area contributed by atoms with E-state index in [1.165, 1.54) is 0 Å². The molecule has 0 aromatic heterocycles. The monoisotopic (exact) mass is 250 g/mol. The fourth-order valence-electron chi connectivity index (χ4n) is 2.22. The van der Waals surface area contributed by atoms with Gasteiger partial charge in [-0.15, -0.1) is 12.4 Å². The highest BCUT2D eigenvalue weighted by atomic mass is 35.5. The fraction of sp³-hybridized carbons (Fsp3) is 0.909. The Morgan fingerprint density at radius 3 is 2.50 bits per heavy atom. The van der Waals surface area contributed by atoms with Crippen LogP contribution in [0.4, 0.5) is 0 Å². The number of carbonyl (C=O) groups excluding carboxylic acids is 1. The van der Waals surface area contributed by atoms with Gasteiger partial charge in [-0.1, -0.05) is 6.92 Å². The minimum absolute atomic E-state index is 0. The first-order valence-electron chi connectivity index (χ1n) is 5.71. The number of nitrogens with one attached hydrogen (secondary N) is 1. The molecule has 1 aliphatic carbocycles. The SMILES string of the molecule is CCOC(=O)CC1(C)CCC(NN)CC1.Cl. The van der Waals surface area contributed by atoms with Gasteiger partial charge in [-0.3, -0.25) is 16.1 Å². The van der Waals surface area contributed by atoms with Gasteiger partial charge in [-0.2, -0.15) is 0 Å². The van der Waals surface area contributed by atoms with Gasteiger partial charge in [0, 0.05) is 6.04 Å². The van der Waals surface area contributed by atoms with Gasteiger partial charge in [-0.25, -0.2) is 0 Å². The highest BCUT2D eigenvalue weighted by Crippen LogP contribution is 2.38. The molecule has 0 saturated heterocycles.